The van der Waals surface area contributed by atoms with Crippen molar-refractivity contribution >= 4 is 23.0 Å². The molecule has 1 unspecified atom stereocenters. The summed E-state index contributed by atoms with van der Waals surface area (Å²) in [6.45, 7) is 13.2. The Kier molecular flexibility index (Phi) is 8.26. The van der Waals surface area contributed by atoms with E-state index >= 15 is 0 Å². The smallest absolute Gasteiger partial charge is 0.290 e. The number of hydrogen-bond donors (Lipinski definition) is 1. The lowest BCUT2D eigenvalue weighted by molar-refractivity contribution is -0.129. The summed E-state index contributed by atoms with van der Waals surface area (Å²) in [5.41, 5.74) is 1.49. The van der Waals surface area contributed by atoms with E-state index in [1.807, 2.05) is 38.1 Å². The second-order valence-electron chi connectivity index (χ2n) is 8.08. The lowest BCUT2D eigenvalue weighted by atomic mass is 9.95. The minimum Gasteiger partial charge on any atom is -0.503 e. The molecule has 0 saturated carbocycles. The van der Waals surface area contributed by atoms with Crippen molar-refractivity contribution in [1.29, 1.82) is 0 Å². The molecule has 1 aliphatic heterocycles. The predicted octanol–water partition coefficient (Wildman–Crippen LogP) is 4.47. The van der Waals surface area contributed by atoms with Crippen LogP contribution in [-0.4, -0.2) is 64.4 Å². The molecule has 0 aliphatic carbocycles. The Balaban J connectivity index is 2.00. The van der Waals surface area contributed by atoms with Gasteiger partial charge in [-0.05, 0) is 51.1 Å². The van der Waals surface area contributed by atoms with Gasteiger partial charge >= 0.3 is 0 Å². The number of ether oxygens (including phenoxy) is 1. The number of rotatable bonds is 11. The van der Waals surface area contributed by atoms with Crippen LogP contribution in [0.2, 0.25) is 0 Å². The van der Waals surface area contributed by atoms with E-state index in [1.54, 1.807) is 11.8 Å². The van der Waals surface area contributed by atoms with E-state index in [2.05, 4.69) is 23.7 Å². The Morgan fingerprint density at radius 3 is 2.39 bits per heavy atom. The van der Waals surface area contributed by atoms with E-state index in [0.29, 0.717) is 30.3 Å². The van der Waals surface area contributed by atoms with Crippen molar-refractivity contribution in [3.8, 4) is 5.75 Å². The van der Waals surface area contributed by atoms with Crippen LogP contribution in [0.25, 0.3) is 0 Å². The van der Waals surface area contributed by atoms with Crippen LogP contribution in [0.5, 0.6) is 5.75 Å². The summed E-state index contributed by atoms with van der Waals surface area (Å²) < 4.78 is 5.69. The Bertz CT molecular complexity index is 1020. The first-order valence-electron chi connectivity index (χ1n) is 11.5. The maximum absolute atomic E-state index is 13.6. The van der Waals surface area contributed by atoms with Gasteiger partial charge in [0.2, 0.25) is 5.78 Å². The summed E-state index contributed by atoms with van der Waals surface area (Å²) in [7, 11) is 0. The summed E-state index contributed by atoms with van der Waals surface area (Å²) in [6.07, 6.45) is 0.904. The second kappa shape index (κ2) is 10.9. The number of Topliss-reactive ketones (excluding diaryl/α,β-unsaturated/α-hetero) is 1. The molecule has 1 N–H and O–H groups in total. The zero-order valence-corrected chi connectivity index (χ0v) is 20.9. The average Bonchev–Trinajstić information content (AvgIpc) is 3.28. The highest BCUT2D eigenvalue weighted by molar-refractivity contribution is 7.14. The summed E-state index contributed by atoms with van der Waals surface area (Å²) in [4.78, 5) is 35.3. The fraction of sp³-hybridized carbons (Fsp3) is 0.480. The zero-order chi connectivity index (χ0) is 24.1. The fourth-order valence-electron chi connectivity index (χ4n) is 4.08. The topological polar surface area (TPSA) is 83.0 Å². The quantitative estimate of drug-likeness (QED) is 0.487. The molecular formula is C25H33N3O4S. The van der Waals surface area contributed by atoms with Crippen molar-refractivity contribution in [2.45, 2.75) is 47.1 Å². The third-order valence-corrected chi connectivity index (χ3v) is 6.95. The van der Waals surface area contributed by atoms with E-state index < -0.39 is 17.7 Å². The van der Waals surface area contributed by atoms with Crippen LogP contribution in [0.1, 0.15) is 59.2 Å². The Labute approximate surface area is 199 Å². The van der Waals surface area contributed by atoms with Crippen molar-refractivity contribution < 1.29 is 19.4 Å². The van der Waals surface area contributed by atoms with Crippen molar-refractivity contribution in [1.82, 2.24) is 14.8 Å². The second-order valence-corrected chi connectivity index (χ2v) is 9.29. The lowest BCUT2D eigenvalue weighted by Gasteiger charge is -2.29. The number of amides is 1. The highest BCUT2D eigenvalue weighted by atomic mass is 32.1. The average molecular weight is 472 g/mol. The van der Waals surface area contributed by atoms with Gasteiger partial charge in [-0.25, -0.2) is 4.98 Å². The van der Waals surface area contributed by atoms with E-state index in [1.165, 1.54) is 11.3 Å². The van der Waals surface area contributed by atoms with Gasteiger partial charge in [0.15, 0.2) is 5.76 Å². The maximum Gasteiger partial charge on any atom is 0.290 e. The van der Waals surface area contributed by atoms with Gasteiger partial charge in [0.25, 0.3) is 5.91 Å². The van der Waals surface area contributed by atoms with Gasteiger partial charge in [-0.1, -0.05) is 32.9 Å². The molecule has 2 aromatic rings. The van der Waals surface area contributed by atoms with Crippen molar-refractivity contribution in [2.24, 2.45) is 0 Å². The van der Waals surface area contributed by atoms with Crippen molar-refractivity contribution in [3.05, 3.63) is 56.7 Å². The molecule has 1 amide bonds. The predicted molar refractivity (Wildman–Crippen MR) is 130 cm³/mol. The van der Waals surface area contributed by atoms with Crippen LogP contribution in [-0.2, 0) is 4.79 Å². The number of hydrogen-bond acceptors (Lipinski definition) is 7. The molecule has 0 radical (unpaired) electrons. The SMILES string of the molecule is CCCOc1ccc(C2C(C(=O)c3sc(C)nc3C)=C(O)C(=O)N2CCN(CC)CC)cc1. The normalized spacial score (nSPS) is 16.2. The molecule has 8 heteroatoms. The summed E-state index contributed by atoms with van der Waals surface area (Å²) in [5.74, 6) is -0.595. The number of likely N-dealkylation sites (N-methyl/N-ethyl adjacent to an activating group) is 1. The first-order valence-corrected chi connectivity index (χ1v) is 12.3. The third-order valence-electron chi connectivity index (χ3n) is 5.88. The molecule has 3 rings (SSSR count). The van der Waals surface area contributed by atoms with Gasteiger partial charge in [-0.15, -0.1) is 11.3 Å². The molecule has 7 nitrogen and oxygen atoms in total. The lowest BCUT2D eigenvalue weighted by Crippen LogP contribution is -2.38. The van der Waals surface area contributed by atoms with Gasteiger partial charge in [0.05, 0.1) is 33.8 Å². The molecule has 1 aliphatic rings. The van der Waals surface area contributed by atoms with Crippen molar-refractivity contribution in [2.75, 3.05) is 32.8 Å². The third kappa shape index (κ3) is 5.28. The van der Waals surface area contributed by atoms with E-state index in [9.17, 15) is 14.7 Å². The largest absolute Gasteiger partial charge is 0.503 e. The van der Waals surface area contributed by atoms with Gasteiger partial charge in [-0.2, -0.15) is 0 Å². The Morgan fingerprint density at radius 1 is 1.18 bits per heavy atom. The van der Waals surface area contributed by atoms with Gasteiger partial charge in [0.1, 0.15) is 5.75 Å². The van der Waals surface area contributed by atoms with Gasteiger partial charge in [0, 0.05) is 13.1 Å². The Hall–Kier alpha value is -2.71. The number of aliphatic hydroxyl groups excluding tert-OH is 1. The summed E-state index contributed by atoms with van der Waals surface area (Å²) in [5, 5.41) is 11.6. The maximum atomic E-state index is 13.6. The van der Waals surface area contributed by atoms with Crippen LogP contribution >= 0.6 is 11.3 Å². The molecule has 0 saturated heterocycles. The summed E-state index contributed by atoms with van der Waals surface area (Å²) in [6, 6.07) is 6.76. The number of carbonyl (C=O) groups is 2. The van der Waals surface area contributed by atoms with Crippen LogP contribution in [0, 0.1) is 13.8 Å². The van der Waals surface area contributed by atoms with E-state index in [4.69, 9.17) is 4.74 Å². The number of ketones is 1. The van der Waals surface area contributed by atoms with Crippen LogP contribution in [0.4, 0.5) is 0 Å². The first-order chi connectivity index (χ1) is 15.8. The molecule has 33 heavy (non-hydrogen) atoms. The Morgan fingerprint density at radius 2 is 1.85 bits per heavy atom. The number of nitrogens with zero attached hydrogens (tertiary/aromatic N) is 3. The minimum absolute atomic E-state index is 0.119. The molecule has 1 aromatic heterocycles. The molecule has 178 valence electrons. The highest BCUT2D eigenvalue weighted by Gasteiger charge is 2.44. The number of aryl methyl sites for hydroxylation is 2. The van der Waals surface area contributed by atoms with Crippen LogP contribution in [0.3, 0.4) is 0 Å². The fourth-order valence-corrected chi connectivity index (χ4v) is 4.96. The van der Waals surface area contributed by atoms with Crippen LogP contribution in [0.15, 0.2) is 35.6 Å². The molecule has 0 fully saturated rings. The molecular weight excluding hydrogens is 438 g/mol. The number of carbonyl (C=O) groups excluding carboxylic acids is 2. The van der Waals surface area contributed by atoms with Gasteiger partial charge in [-0.3, -0.25) is 9.59 Å². The number of aromatic nitrogens is 1. The molecule has 1 atom stereocenters. The minimum atomic E-state index is -0.664. The first kappa shape index (κ1) is 24.9. The molecule has 0 spiro atoms. The van der Waals surface area contributed by atoms with E-state index in [-0.39, 0.29) is 11.4 Å². The number of benzene rings is 1. The highest BCUT2D eigenvalue weighted by Crippen LogP contribution is 2.40. The zero-order valence-electron chi connectivity index (χ0n) is 20.1. The molecule has 1 aromatic carbocycles. The monoisotopic (exact) mass is 471 g/mol. The van der Waals surface area contributed by atoms with Gasteiger partial charge < -0.3 is 19.6 Å². The van der Waals surface area contributed by atoms with Crippen LogP contribution < -0.4 is 4.74 Å². The number of aliphatic hydroxyl groups is 1. The van der Waals surface area contributed by atoms with E-state index in [0.717, 1.165) is 35.8 Å². The summed E-state index contributed by atoms with van der Waals surface area (Å²) >= 11 is 1.28. The number of thiazole rings is 1. The molecule has 2 heterocycles. The standard InChI is InChI=1S/C25H33N3O4S/c1-6-15-32-19-11-9-18(10-12-19)21-20(22(29)24-16(4)26-17(5)33-24)23(30)25(31)28(21)14-13-27(7-2)8-3/h9-12,21,30H,6-8,13-15H2,1-5H3. The molecule has 0 bridgehead atoms. The van der Waals surface area contributed by atoms with Crippen molar-refractivity contribution in [3.63, 3.8) is 0 Å².